The highest BCUT2D eigenvalue weighted by molar-refractivity contribution is 5.76. The summed E-state index contributed by atoms with van der Waals surface area (Å²) in [7, 11) is 0. The van der Waals surface area contributed by atoms with E-state index < -0.39 is 12.1 Å². The van der Waals surface area contributed by atoms with Crippen LogP contribution in [0.5, 0.6) is 0 Å². The van der Waals surface area contributed by atoms with E-state index in [1.807, 2.05) is 6.08 Å². The Bertz CT molecular complexity index is 874. The first kappa shape index (κ1) is 54.3. The highest BCUT2D eigenvalue weighted by atomic mass is 16.5. The largest absolute Gasteiger partial charge is 0.466 e. The summed E-state index contributed by atoms with van der Waals surface area (Å²) in [6.07, 6.45) is 53.1. The van der Waals surface area contributed by atoms with Crippen molar-refractivity contribution in [1.29, 1.82) is 0 Å². The van der Waals surface area contributed by atoms with Gasteiger partial charge in [-0.2, -0.15) is 0 Å². The second-order valence-corrected chi connectivity index (χ2v) is 16.8. The molecule has 0 rings (SSSR count). The van der Waals surface area contributed by atoms with Gasteiger partial charge in [0.1, 0.15) is 0 Å². The molecule has 2 atom stereocenters. The molecule has 0 aliphatic heterocycles. The van der Waals surface area contributed by atoms with Gasteiger partial charge in [0, 0.05) is 12.8 Å². The SMILES string of the molecule is CCCCCCCC/C=C\CCCCCCCC(=O)OCCCCCCCCCCCCCCCCC(=O)NC(CO)C(O)/C=C/CCCCCCCCCC. The van der Waals surface area contributed by atoms with Crippen LogP contribution in [0.15, 0.2) is 24.3 Å². The highest BCUT2D eigenvalue weighted by Crippen LogP contribution is 2.15. The molecule has 0 aromatic carbocycles. The van der Waals surface area contributed by atoms with Crippen LogP contribution in [0.4, 0.5) is 0 Å². The van der Waals surface area contributed by atoms with E-state index in [0.717, 1.165) is 57.8 Å². The molecule has 2 unspecified atom stereocenters. The van der Waals surface area contributed by atoms with Crippen molar-refractivity contribution in [2.45, 2.75) is 270 Å². The van der Waals surface area contributed by atoms with Crippen LogP contribution in [0.25, 0.3) is 0 Å². The van der Waals surface area contributed by atoms with E-state index in [-0.39, 0.29) is 18.5 Å². The van der Waals surface area contributed by atoms with Gasteiger partial charge in [0.15, 0.2) is 0 Å². The van der Waals surface area contributed by atoms with E-state index in [4.69, 9.17) is 4.74 Å². The number of ether oxygens (including phenoxy) is 1. The molecular weight excluding hydrogens is 695 g/mol. The molecule has 0 bridgehead atoms. The fourth-order valence-electron chi connectivity index (χ4n) is 7.39. The smallest absolute Gasteiger partial charge is 0.305 e. The van der Waals surface area contributed by atoms with E-state index in [1.165, 1.54) is 173 Å². The van der Waals surface area contributed by atoms with Gasteiger partial charge in [0.2, 0.25) is 5.91 Å². The van der Waals surface area contributed by atoms with Gasteiger partial charge in [0.25, 0.3) is 0 Å². The number of unbranched alkanes of at least 4 members (excludes halogenated alkanes) is 32. The van der Waals surface area contributed by atoms with Crippen molar-refractivity contribution >= 4 is 11.9 Å². The molecule has 0 saturated heterocycles. The van der Waals surface area contributed by atoms with Crippen LogP contribution in [-0.4, -0.2) is 47.4 Å². The first-order valence-electron chi connectivity index (χ1n) is 24.6. The Morgan fingerprint density at radius 2 is 0.839 bits per heavy atom. The minimum atomic E-state index is -0.849. The monoisotopic (exact) mass is 790 g/mol. The lowest BCUT2D eigenvalue weighted by Gasteiger charge is -2.20. The summed E-state index contributed by atoms with van der Waals surface area (Å²) >= 11 is 0. The minimum absolute atomic E-state index is 0.0121. The molecule has 0 aromatic heterocycles. The second kappa shape index (κ2) is 46.0. The number of esters is 1. The fourth-order valence-corrected chi connectivity index (χ4v) is 7.39. The number of carbonyl (C=O) groups is 2. The molecule has 1 amide bonds. The molecular formula is C50H95NO5. The number of rotatable bonds is 45. The highest BCUT2D eigenvalue weighted by Gasteiger charge is 2.18. The average molecular weight is 790 g/mol. The van der Waals surface area contributed by atoms with Crippen LogP contribution in [-0.2, 0) is 14.3 Å². The Labute approximate surface area is 348 Å². The Hall–Kier alpha value is -1.66. The van der Waals surface area contributed by atoms with Gasteiger partial charge >= 0.3 is 5.97 Å². The molecule has 6 heteroatoms. The Balaban J connectivity index is 3.45. The van der Waals surface area contributed by atoms with Crippen LogP contribution in [0.3, 0.4) is 0 Å². The molecule has 0 fully saturated rings. The van der Waals surface area contributed by atoms with Crippen molar-refractivity contribution in [3.05, 3.63) is 24.3 Å². The Morgan fingerprint density at radius 1 is 0.482 bits per heavy atom. The number of allylic oxidation sites excluding steroid dienone is 3. The van der Waals surface area contributed by atoms with Crippen molar-refractivity contribution in [2.24, 2.45) is 0 Å². The standard InChI is InChI=1S/C50H95NO5/c1-3-5-7-9-11-13-15-16-17-21-24-28-32-36-40-44-50(55)56-45-41-37-33-29-25-22-19-18-20-23-27-31-35-39-43-49(54)51-47(46-52)48(53)42-38-34-30-26-14-12-10-8-6-4-2/h16-17,38,42,47-48,52-53H,3-15,18-37,39-41,43-46H2,1-2H3,(H,51,54)/b17-16-,42-38+. The quantitative estimate of drug-likeness (QED) is 0.0324. The van der Waals surface area contributed by atoms with E-state index in [0.29, 0.717) is 19.4 Å². The lowest BCUT2D eigenvalue weighted by atomic mass is 10.0. The third-order valence-electron chi connectivity index (χ3n) is 11.2. The summed E-state index contributed by atoms with van der Waals surface area (Å²) < 4.78 is 5.46. The van der Waals surface area contributed by atoms with Crippen LogP contribution < -0.4 is 5.32 Å². The van der Waals surface area contributed by atoms with Crippen molar-refractivity contribution < 1.29 is 24.5 Å². The van der Waals surface area contributed by atoms with Gasteiger partial charge in [-0.25, -0.2) is 0 Å². The lowest BCUT2D eigenvalue weighted by molar-refractivity contribution is -0.143. The maximum Gasteiger partial charge on any atom is 0.305 e. The summed E-state index contributed by atoms with van der Waals surface area (Å²) in [6, 6.07) is -0.633. The van der Waals surface area contributed by atoms with E-state index in [9.17, 15) is 19.8 Å². The molecule has 330 valence electrons. The maximum atomic E-state index is 12.4. The number of hydrogen-bond donors (Lipinski definition) is 3. The van der Waals surface area contributed by atoms with E-state index in [2.05, 4.69) is 31.3 Å². The summed E-state index contributed by atoms with van der Waals surface area (Å²) in [4.78, 5) is 24.4. The summed E-state index contributed by atoms with van der Waals surface area (Å²) in [5.74, 6) is -0.0933. The predicted octanol–water partition coefficient (Wildman–Crippen LogP) is 14.3. The normalized spacial score (nSPS) is 12.9. The Morgan fingerprint density at radius 3 is 1.27 bits per heavy atom. The zero-order valence-corrected chi connectivity index (χ0v) is 37.4. The number of nitrogens with one attached hydrogen (secondary N) is 1. The fraction of sp³-hybridized carbons (Fsp3) is 0.880. The number of amides is 1. The van der Waals surface area contributed by atoms with Gasteiger partial charge < -0.3 is 20.3 Å². The topological polar surface area (TPSA) is 95.9 Å². The first-order chi connectivity index (χ1) is 27.5. The van der Waals surface area contributed by atoms with E-state index >= 15 is 0 Å². The maximum absolute atomic E-state index is 12.4. The average Bonchev–Trinajstić information content (AvgIpc) is 3.20. The molecule has 0 aliphatic carbocycles. The first-order valence-corrected chi connectivity index (χ1v) is 24.6. The third kappa shape index (κ3) is 42.0. The zero-order valence-electron chi connectivity index (χ0n) is 37.4. The molecule has 0 heterocycles. The summed E-state index contributed by atoms with van der Waals surface area (Å²) in [5, 5.41) is 22.9. The van der Waals surface area contributed by atoms with Gasteiger partial charge in [-0.05, 0) is 57.8 Å². The molecule has 0 aliphatic rings. The van der Waals surface area contributed by atoms with E-state index in [1.54, 1.807) is 6.08 Å². The number of aliphatic hydroxyl groups is 2. The van der Waals surface area contributed by atoms with Gasteiger partial charge in [-0.1, -0.05) is 212 Å². The van der Waals surface area contributed by atoms with Crippen LogP contribution in [0.2, 0.25) is 0 Å². The number of aliphatic hydroxyl groups excluding tert-OH is 2. The lowest BCUT2D eigenvalue weighted by Crippen LogP contribution is -2.45. The van der Waals surface area contributed by atoms with Gasteiger partial charge in [-0.3, -0.25) is 9.59 Å². The molecule has 56 heavy (non-hydrogen) atoms. The molecule has 6 nitrogen and oxygen atoms in total. The molecule has 0 aromatic rings. The summed E-state index contributed by atoms with van der Waals surface area (Å²) in [6.45, 7) is 4.84. The number of hydrogen-bond acceptors (Lipinski definition) is 5. The van der Waals surface area contributed by atoms with Gasteiger partial charge in [0.05, 0.1) is 25.4 Å². The zero-order chi connectivity index (χ0) is 40.8. The van der Waals surface area contributed by atoms with Crippen molar-refractivity contribution in [3.8, 4) is 0 Å². The van der Waals surface area contributed by atoms with Crippen molar-refractivity contribution in [3.63, 3.8) is 0 Å². The predicted molar refractivity (Wildman–Crippen MR) is 241 cm³/mol. The number of carbonyl (C=O) groups excluding carboxylic acids is 2. The van der Waals surface area contributed by atoms with Crippen LogP contribution in [0, 0.1) is 0 Å². The summed E-state index contributed by atoms with van der Waals surface area (Å²) in [5.41, 5.74) is 0. The van der Waals surface area contributed by atoms with Crippen molar-refractivity contribution in [2.75, 3.05) is 13.2 Å². The molecule has 0 spiro atoms. The Kier molecular flexibility index (Phi) is 44.7. The van der Waals surface area contributed by atoms with Crippen LogP contribution >= 0.6 is 0 Å². The van der Waals surface area contributed by atoms with Crippen molar-refractivity contribution in [1.82, 2.24) is 5.32 Å². The van der Waals surface area contributed by atoms with Crippen LogP contribution in [0.1, 0.15) is 258 Å². The third-order valence-corrected chi connectivity index (χ3v) is 11.2. The second-order valence-electron chi connectivity index (χ2n) is 16.8. The molecule has 0 radical (unpaired) electrons. The molecule has 0 saturated carbocycles. The van der Waals surface area contributed by atoms with Gasteiger partial charge in [-0.15, -0.1) is 0 Å². The molecule has 3 N–H and O–H groups in total. The minimum Gasteiger partial charge on any atom is -0.466 e.